The SMILES string of the molecule is COCCCCNC(=O)NC[C@H](CC(=O)O)CC(C)C. The molecule has 0 spiro atoms. The summed E-state index contributed by atoms with van der Waals surface area (Å²) in [6.07, 6.45) is 2.66. The van der Waals surface area contributed by atoms with Crippen molar-refractivity contribution in [1.82, 2.24) is 10.6 Å². The van der Waals surface area contributed by atoms with E-state index in [1.807, 2.05) is 13.8 Å². The van der Waals surface area contributed by atoms with Crippen LogP contribution in [0.25, 0.3) is 0 Å². The number of methoxy groups -OCH3 is 1. The first kappa shape index (κ1) is 18.7. The molecule has 0 aromatic carbocycles. The van der Waals surface area contributed by atoms with Gasteiger partial charge in [-0.25, -0.2) is 4.79 Å². The number of carbonyl (C=O) groups excluding carboxylic acids is 1. The lowest BCUT2D eigenvalue weighted by Gasteiger charge is -2.18. The molecule has 118 valence electrons. The average Bonchev–Trinajstić information content (AvgIpc) is 2.34. The fourth-order valence-corrected chi connectivity index (χ4v) is 2.03. The molecule has 0 heterocycles. The van der Waals surface area contributed by atoms with E-state index in [9.17, 15) is 9.59 Å². The summed E-state index contributed by atoms with van der Waals surface area (Å²) in [6.45, 7) is 5.78. The summed E-state index contributed by atoms with van der Waals surface area (Å²) < 4.78 is 4.92. The maximum Gasteiger partial charge on any atom is 0.314 e. The summed E-state index contributed by atoms with van der Waals surface area (Å²) in [4.78, 5) is 22.3. The van der Waals surface area contributed by atoms with E-state index in [1.165, 1.54) is 0 Å². The molecule has 0 aromatic heterocycles. The number of unbranched alkanes of at least 4 members (excludes halogenated alkanes) is 1. The van der Waals surface area contributed by atoms with Crippen LogP contribution in [0.5, 0.6) is 0 Å². The number of rotatable bonds is 11. The van der Waals surface area contributed by atoms with Crippen LogP contribution in [0.1, 0.15) is 39.5 Å². The fraction of sp³-hybridized carbons (Fsp3) is 0.857. The lowest BCUT2D eigenvalue weighted by Crippen LogP contribution is -2.39. The van der Waals surface area contributed by atoms with Gasteiger partial charge in [-0.1, -0.05) is 13.8 Å². The molecule has 0 radical (unpaired) electrons. The van der Waals surface area contributed by atoms with Crippen LogP contribution in [0.15, 0.2) is 0 Å². The second kappa shape index (κ2) is 11.5. The first-order valence-electron chi connectivity index (χ1n) is 7.18. The Labute approximate surface area is 121 Å². The highest BCUT2D eigenvalue weighted by Crippen LogP contribution is 2.14. The van der Waals surface area contributed by atoms with Crippen LogP contribution in [-0.2, 0) is 9.53 Å². The van der Waals surface area contributed by atoms with Crippen LogP contribution in [0.2, 0.25) is 0 Å². The Balaban J connectivity index is 3.83. The highest BCUT2D eigenvalue weighted by molar-refractivity contribution is 5.74. The summed E-state index contributed by atoms with van der Waals surface area (Å²) in [5.74, 6) is -0.428. The normalized spacial score (nSPS) is 12.2. The summed E-state index contributed by atoms with van der Waals surface area (Å²) in [5.41, 5.74) is 0. The number of ether oxygens (including phenoxy) is 1. The Morgan fingerprint density at radius 1 is 1.20 bits per heavy atom. The minimum absolute atomic E-state index is 0.0215. The third-order valence-corrected chi connectivity index (χ3v) is 2.88. The number of hydrogen-bond donors (Lipinski definition) is 3. The van der Waals surface area contributed by atoms with E-state index < -0.39 is 5.97 Å². The molecular formula is C14H28N2O4. The quantitative estimate of drug-likeness (QED) is 0.506. The molecule has 0 aliphatic heterocycles. The monoisotopic (exact) mass is 288 g/mol. The minimum atomic E-state index is -0.822. The molecule has 0 fully saturated rings. The summed E-state index contributed by atoms with van der Waals surface area (Å²) in [7, 11) is 1.65. The molecule has 0 rings (SSSR count). The Hall–Kier alpha value is -1.30. The standard InChI is InChI=1S/C14H28N2O4/c1-11(2)8-12(9-13(17)18)10-16-14(19)15-6-4-5-7-20-3/h11-12H,4-10H2,1-3H3,(H,17,18)(H2,15,16,19)/t12-/m0/s1. The molecule has 0 aliphatic rings. The second-order valence-electron chi connectivity index (χ2n) is 5.43. The number of urea groups is 1. The number of carboxylic acids is 1. The van der Waals surface area contributed by atoms with Crippen molar-refractivity contribution in [2.45, 2.75) is 39.5 Å². The number of nitrogens with one attached hydrogen (secondary N) is 2. The van der Waals surface area contributed by atoms with Crippen molar-refractivity contribution in [3.63, 3.8) is 0 Å². The van der Waals surface area contributed by atoms with Crippen LogP contribution in [-0.4, -0.2) is 43.9 Å². The van der Waals surface area contributed by atoms with E-state index in [0.29, 0.717) is 25.6 Å². The van der Waals surface area contributed by atoms with Crippen LogP contribution < -0.4 is 10.6 Å². The number of amides is 2. The van der Waals surface area contributed by atoms with Crippen molar-refractivity contribution in [2.24, 2.45) is 11.8 Å². The van der Waals surface area contributed by atoms with Gasteiger partial charge in [0.1, 0.15) is 0 Å². The van der Waals surface area contributed by atoms with E-state index in [1.54, 1.807) is 7.11 Å². The Bertz CT molecular complexity index is 282. The predicted molar refractivity (Wildman–Crippen MR) is 77.7 cm³/mol. The van der Waals surface area contributed by atoms with Crippen molar-refractivity contribution in [3.8, 4) is 0 Å². The zero-order valence-electron chi connectivity index (χ0n) is 12.8. The third kappa shape index (κ3) is 11.8. The third-order valence-electron chi connectivity index (χ3n) is 2.88. The van der Waals surface area contributed by atoms with E-state index in [-0.39, 0.29) is 18.4 Å². The summed E-state index contributed by atoms with van der Waals surface area (Å²) in [6, 6.07) is -0.235. The van der Waals surface area contributed by atoms with Crippen molar-refractivity contribution in [1.29, 1.82) is 0 Å². The van der Waals surface area contributed by atoms with Gasteiger partial charge in [0.25, 0.3) is 0 Å². The van der Waals surface area contributed by atoms with Gasteiger partial charge in [0.05, 0.1) is 0 Å². The maximum atomic E-state index is 11.6. The first-order valence-corrected chi connectivity index (χ1v) is 7.18. The molecule has 6 nitrogen and oxygen atoms in total. The van der Waals surface area contributed by atoms with Crippen LogP contribution in [0.4, 0.5) is 4.79 Å². The fourth-order valence-electron chi connectivity index (χ4n) is 2.03. The molecule has 0 unspecified atom stereocenters. The molecular weight excluding hydrogens is 260 g/mol. The molecule has 0 aliphatic carbocycles. The number of carboxylic acid groups (broad SMARTS) is 1. The topological polar surface area (TPSA) is 87.7 Å². The maximum absolute atomic E-state index is 11.6. The zero-order valence-corrected chi connectivity index (χ0v) is 12.8. The van der Waals surface area contributed by atoms with Gasteiger partial charge < -0.3 is 20.5 Å². The summed E-state index contributed by atoms with van der Waals surface area (Å²) >= 11 is 0. The molecule has 1 atom stereocenters. The molecule has 0 bridgehead atoms. The zero-order chi connectivity index (χ0) is 15.4. The van der Waals surface area contributed by atoms with Gasteiger partial charge in [-0.3, -0.25) is 4.79 Å². The van der Waals surface area contributed by atoms with Crippen molar-refractivity contribution >= 4 is 12.0 Å². The van der Waals surface area contributed by atoms with Crippen molar-refractivity contribution < 1.29 is 19.4 Å². The van der Waals surface area contributed by atoms with Gasteiger partial charge in [-0.05, 0) is 31.1 Å². The van der Waals surface area contributed by atoms with Gasteiger partial charge in [0.2, 0.25) is 0 Å². The van der Waals surface area contributed by atoms with Gasteiger partial charge >= 0.3 is 12.0 Å². The van der Waals surface area contributed by atoms with E-state index in [0.717, 1.165) is 19.3 Å². The Kier molecular flexibility index (Phi) is 10.8. The minimum Gasteiger partial charge on any atom is -0.481 e. The van der Waals surface area contributed by atoms with Crippen LogP contribution >= 0.6 is 0 Å². The Morgan fingerprint density at radius 3 is 2.45 bits per heavy atom. The molecule has 6 heteroatoms. The molecule has 0 saturated carbocycles. The van der Waals surface area contributed by atoms with Gasteiger partial charge in [0, 0.05) is 33.2 Å². The van der Waals surface area contributed by atoms with Gasteiger partial charge in [-0.15, -0.1) is 0 Å². The highest BCUT2D eigenvalue weighted by Gasteiger charge is 2.15. The predicted octanol–water partition coefficient (Wildman–Crippen LogP) is 1.85. The smallest absolute Gasteiger partial charge is 0.314 e. The molecule has 3 N–H and O–H groups in total. The molecule has 0 saturated heterocycles. The van der Waals surface area contributed by atoms with Gasteiger partial charge in [-0.2, -0.15) is 0 Å². The van der Waals surface area contributed by atoms with Crippen LogP contribution in [0.3, 0.4) is 0 Å². The highest BCUT2D eigenvalue weighted by atomic mass is 16.5. The molecule has 2 amide bonds. The molecule has 0 aromatic rings. The molecule has 20 heavy (non-hydrogen) atoms. The first-order chi connectivity index (χ1) is 9.45. The summed E-state index contributed by atoms with van der Waals surface area (Å²) in [5, 5.41) is 14.3. The Morgan fingerprint density at radius 2 is 1.90 bits per heavy atom. The lowest BCUT2D eigenvalue weighted by molar-refractivity contribution is -0.138. The number of hydrogen-bond acceptors (Lipinski definition) is 3. The number of aliphatic carboxylic acids is 1. The average molecular weight is 288 g/mol. The van der Waals surface area contributed by atoms with Gasteiger partial charge in [0.15, 0.2) is 0 Å². The van der Waals surface area contributed by atoms with Crippen LogP contribution in [0, 0.1) is 11.8 Å². The van der Waals surface area contributed by atoms with E-state index in [4.69, 9.17) is 9.84 Å². The van der Waals surface area contributed by atoms with E-state index in [2.05, 4.69) is 10.6 Å². The second-order valence-corrected chi connectivity index (χ2v) is 5.43. The number of carbonyl (C=O) groups is 2. The van der Waals surface area contributed by atoms with Crippen molar-refractivity contribution in [2.75, 3.05) is 26.8 Å². The van der Waals surface area contributed by atoms with E-state index >= 15 is 0 Å². The largest absolute Gasteiger partial charge is 0.481 e. The lowest BCUT2D eigenvalue weighted by atomic mass is 9.94. The van der Waals surface area contributed by atoms with Crippen molar-refractivity contribution in [3.05, 3.63) is 0 Å².